The number of aryl methyl sites for hydroxylation is 1. The van der Waals surface area contributed by atoms with Crippen molar-refractivity contribution in [3.05, 3.63) is 59.3 Å². The van der Waals surface area contributed by atoms with Crippen LogP contribution in [0.5, 0.6) is 0 Å². The summed E-state index contributed by atoms with van der Waals surface area (Å²) in [5.74, 6) is 0.500. The van der Waals surface area contributed by atoms with Crippen molar-refractivity contribution in [1.29, 1.82) is 0 Å². The van der Waals surface area contributed by atoms with Crippen molar-refractivity contribution in [1.82, 2.24) is 9.55 Å². The normalized spacial score (nSPS) is 11.1. The standard InChI is InChI=1S/C20H21FN2O3S/c1-13-10-17(14(2)23(13)8-9-25-3)18(24)12-27-20-22-11-19(26-20)15-4-6-16(21)7-5-15/h4-7,10-11H,8-9,12H2,1-3H3. The number of rotatable bonds is 8. The number of benzene rings is 1. The first-order chi connectivity index (χ1) is 13.0. The molecule has 2 aromatic heterocycles. The van der Waals surface area contributed by atoms with E-state index in [1.54, 1.807) is 25.4 Å². The summed E-state index contributed by atoms with van der Waals surface area (Å²) in [4.78, 5) is 16.8. The van der Waals surface area contributed by atoms with Gasteiger partial charge < -0.3 is 13.7 Å². The smallest absolute Gasteiger partial charge is 0.256 e. The topological polar surface area (TPSA) is 57.3 Å². The maximum absolute atomic E-state index is 13.0. The Bertz CT molecular complexity index is 931. The van der Waals surface area contributed by atoms with E-state index < -0.39 is 0 Å². The first kappa shape index (κ1) is 19.4. The van der Waals surface area contributed by atoms with Crippen LogP contribution in [0, 0.1) is 19.7 Å². The number of ether oxygens (including phenoxy) is 1. The van der Waals surface area contributed by atoms with Crippen LogP contribution >= 0.6 is 11.8 Å². The maximum atomic E-state index is 13.0. The SMILES string of the molecule is COCCn1c(C)cc(C(=O)CSc2ncc(-c3ccc(F)cc3)o2)c1C. The fourth-order valence-electron chi connectivity index (χ4n) is 2.89. The summed E-state index contributed by atoms with van der Waals surface area (Å²) in [6, 6.07) is 7.91. The lowest BCUT2D eigenvalue weighted by atomic mass is 10.2. The summed E-state index contributed by atoms with van der Waals surface area (Å²) < 4.78 is 25.9. The number of thioether (sulfide) groups is 1. The zero-order valence-corrected chi connectivity index (χ0v) is 16.3. The molecule has 0 aliphatic rings. The minimum atomic E-state index is -0.304. The molecule has 0 saturated heterocycles. The van der Waals surface area contributed by atoms with E-state index in [-0.39, 0.29) is 17.4 Å². The number of Topliss-reactive ketones (excluding diaryl/α,β-unsaturated/α-hetero) is 1. The quantitative estimate of drug-likeness (QED) is 0.419. The van der Waals surface area contributed by atoms with Crippen LogP contribution in [0.25, 0.3) is 11.3 Å². The lowest BCUT2D eigenvalue weighted by molar-refractivity contribution is 0.102. The second kappa shape index (κ2) is 8.54. The molecule has 0 saturated carbocycles. The molecule has 3 aromatic rings. The molecule has 7 heteroatoms. The van der Waals surface area contributed by atoms with Crippen LogP contribution in [-0.2, 0) is 11.3 Å². The van der Waals surface area contributed by atoms with E-state index in [0.29, 0.717) is 23.2 Å². The van der Waals surface area contributed by atoms with Gasteiger partial charge in [0.2, 0.25) is 0 Å². The molecule has 0 unspecified atom stereocenters. The fourth-order valence-corrected chi connectivity index (χ4v) is 3.57. The van der Waals surface area contributed by atoms with Crippen LogP contribution in [0.3, 0.4) is 0 Å². The van der Waals surface area contributed by atoms with Gasteiger partial charge in [-0.25, -0.2) is 9.37 Å². The lowest BCUT2D eigenvalue weighted by Gasteiger charge is -2.08. The van der Waals surface area contributed by atoms with Gasteiger partial charge in [0.1, 0.15) is 5.82 Å². The van der Waals surface area contributed by atoms with Crippen molar-refractivity contribution >= 4 is 17.5 Å². The molecule has 142 valence electrons. The molecule has 0 N–H and O–H groups in total. The zero-order chi connectivity index (χ0) is 19.4. The second-order valence-electron chi connectivity index (χ2n) is 6.14. The van der Waals surface area contributed by atoms with Crippen LogP contribution in [0.15, 0.2) is 46.2 Å². The van der Waals surface area contributed by atoms with E-state index in [1.807, 2.05) is 19.9 Å². The highest BCUT2D eigenvalue weighted by Gasteiger charge is 2.17. The number of ketones is 1. The molecule has 0 bridgehead atoms. The third-order valence-corrected chi connectivity index (χ3v) is 5.18. The number of nitrogens with zero attached hydrogens (tertiary/aromatic N) is 2. The molecule has 0 fully saturated rings. The number of methoxy groups -OCH3 is 1. The molecule has 0 aliphatic heterocycles. The molecule has 0 aliphatic carbocycles. The third kappa shape index (κ3) is 4.48. The number of oxazole rings is 1. The van der Waals surface area contributed by atoms with Gasteiger partial charge in [0, 0.05) is 36.2 Å². The van der Waals surface area contributed by atoms with Gasteiger partial charge >= 0.3 is 0 Å². The molecule has 2 heterocycles. The minimum absolute atomic E-state index is 0.0262. The van der Waals surface area contributed by atoms with E-state index >= 15 is 0 Å². The van der Waals surface area contributed by atoms with Crippen LogP contribution in [0.1, 0.15) is 21.7 Å². The van der Waals surface area contributed by atoms with Crippen molar-refractivity contribution in [2.75, 3.05) is 19.5 Å². The molecule has 1 aromatic carbocycles. The lowest BCUT2D eigenvalue weighted by Crippen LogP contribution is -2.09. The van der Waals surface area contributed by atoms with E-state index in [1.165, 1.54) is 23.9 Å². The Morgan fingerprint density at radius 3 is 2.74 bits per heavy atom. The molecule has 0 radical (unpaired) electrons. The van der Waals surface area contributed by atoms with Crippen molar-refractivity contribution in [3.63, 3.8) is 0 Å². The highest BCUT2D eigenvalue weighted by Crippen LogP contribution is 2.26. The molecule has 0 spiro atoms. The van der Waals surface area contributed by atoms with Gasteiger partial charge in [0.05, 0.1) is 18.6 Å². The van der Waals surface area contributed by atoms with Crippen LogP contribution in [-0.4, -0.2) is 34.8 Å². The average Bonchev–Trinajstić information content (AvgIpc) is 3.24. The predicted molar refractivity (Wildman–Crippen MR) is 103 cm³/mol. The minimum Gasteiger partial charge on any atom is -0.431 e. The average molecular weight is 388 g/mol. The van der Waals surface area contributed by atoms with Gasteiger partial charge in [-0.2, -0.15) is 0 Å². The van der Waals surface area contributed by atoms with Crippen LogP contribution in [0.2, 0.25) is 0 Å². The van der Waals surface area contributed by atoms with Gasteiger partial charge in [0.15, 0.2) is 11.5 Å². The summed E-state index contributed by atoms with van der Waals surface area (Å²) in [6.45, 7) is 5.24. The zero-order valence-electron chi connectivity index (χ0n) is 15.5. The largest absolute Gasteiger partial charge is 0.431 e. The first-order valence-corrected chi connectivity index (χ1v) is 9.51. The Labute approximate surface area is 161 Å². The summed E-state index contributed by atoms with van der Waals surface area (Å²) in [6.07, 6.45) is 1.58. The number of carbonyl (C=O) groups excluding carboxylic acids is 1. The monoisotopic (exact) mass is 388 g/mol. The van der Waals surface area contributed by atoms with E-state index in [4.69, 9.17) is 9.15 Å². The van der Waals surface area contributed by atoms with E-state index in [2.05, 4.69) is 9.55 Å². The summed E-state index contributed by atoms with van der Waals surface area (Å²) in [7, 11) is 1.66. The van der Waals surface area contributed by atoms with Gasteiger partial charge in [-0.05, 0) is 44.2 Å². The molecular weight excluding hydrogens is 367 g/mol. The summed E-state index contributed by atoms with van der Waals surface area (Å²) in [5, 5.41) is 0.413. The number of carbonyl (C=O) groups is 1. The Kier molecular flexibility index (Phi) is 6.13. The maximum Gasteiger partial charge on any atom is 0.256 e. The van der Waals surface area contributed by atoms with E-state index in [9.17, 15) is 9.18 Å². The Hall–Kier alpha value is -2.38. The van der Waals surface area contributed by atoms with Crippen molar-refractivity contribution in [2.24, 2.45) is 0 Å². The number of hydrogen-bond acceptors (Lipinski definition) is 5. The van der Waals surface area contributed by atoms with Gasteiger partial charge in [-0.15, -0.1) is 0 Å². The van der Waals surface area contributed by atoms with E-state index in [0.717, 1.165) is 23.5 Å². The van der Waals surface area contributed by atoms with Crippen molar-refractivity contribution in [2.45, 2.75) is 25.6 Å². The fraction of sp³-hybridized carbons (Fsp3) is 0.300. The summed E-state index contributed by atoms with van der Waals surface area (Å²) >= 11 is 1.25. The van der Waals surface area contributed by atoms with Crippen molar-refractivity contribution in [3.8, 4) is 11.3 Å². The molecular formula is C20H21FN2O3S. The second-order valence-corrected chi connectivity index (χ2v) is 7.06. The number of hydrogen-bond donors (Lipinski definition) is 0. The Morgan fingerprint density at radius 2 is 2.04 bits per heavy atom. The highest BCUT2D eigenvalue weighted by atomic mass is 32.2. The molecule has 3 rings (SSSR count). The molecule has 0 amide bonds. The molecule has 0 atom stereocenters. The van der Waals surface area contributed by atoms with Crippen molar-refractivity contribution < 1.29 is 18.3 Å². The van der Waals surface area contributed by atoms with Crippen LogP contribution < -0.4 is 0 Å². The van der Waals surface area contributed by atoms with Gasteiger partial charge in [0.25, 0.3) is 5.22 Å². The third-order valence-electron chi connectivity index (χ3n) is 4.33. The number of halogens is 1. The Morgan fingerprint density at radius 1 is 1.30 bits per heavy atom. The molecule has 5 nitrogen and oxygen atoms in total. The Balaban J connectivity index is 1.65. The van der Waals surface area contributed by atoms with Crippen LogP contribution in [0.4, 0.5) is 4.39 Å². The molecule has 27 heavy (non-hydrogen) atoms. The first-order valence-electron chi connectivity index (χ1n) is 8.53. The number of aromatic nitrogens is 2. The van der Waals surface area contributed by atoms with Gasteiger partial charge in [-0.1, -0.05) is 11.8 Å². The predicted octanol–water partition coefficient (Wildman–Crippen LogP) is 4.52. The summed E-state index contributed by atoms with van der Waals surface area (Å²) in [5.41, 5.74) is 3.42. The highest BCUT2D eigenvalue weighted by molar-refractivity contribution is 7.99. The van der Waals surface area contributed by atoms with Gasteiger partial charge in [-0.3, -0.25) is 4.79 Å².